The van der Waals surface area contributed by atoms with Crippen molar-refractivity contribution >= 4 is 12.1 Å². The Morgan fingerprint density at radius 3 is 2.58 bits per heavy atom. The fourth-order valence-corrected chi connectivity index (χ4v) is 2.25. The highest BCUT2D eigenvalue weighted by atomic mass is 19.3. The lowest BCUT2D eigenvalue weighted by molar-refractivity contribution is -0.151. The van der Waals surface area contributed by atoms with E-state index >= 15 is 0 Å². The number of halogens is 2. The molecule has 6 nitrogen and oxygen atoms in total. The van der Waals surface area contributed by atoms with Crippen LogP contribution < -0.4 is 0 Å². The fourth-order valence-electron chi connectivity index (χ4n) is 2.25. The van der Waals surface area contributed by atoms with Gasteiger partial charge in [0.25, 0.3) is 5.92 Å². The number of rotatable bonds is 6. The molecule has 1 fully saturated rings. The van der Waals surface area contributed by atoms with Crippen LogP contribution in [-0.2, 0) is 14.3 Å². The molecule has 0 aliphatic carbocycles. The topological polar surface area (TPSA) is 76.1 Å². The van der Waals surface area contributed by atoms with E-state index < -0.39 is 42.2 Å². The lowest BCUT2D eigenvalue weighted by Crippen LogP contribution is -2.44. The average molecular weight is 349 g/mol. The number of nitrogens with zero attached hydrogens (tertiary/aromatic N) is 1. The van der Waals surface area contributed by atoms with E-state index in [-0.39, 0.29) is 6.61 Å². The third kappa shape index (κ3) is 5.74. The summed E-state index contributed by atoms with van der Waals surface area (Å²) in [5, 5.41) is 9.33. The molecule has 0 unspecified atom stereocenters. The summed E-state index contributed by atoms with van der Waals surface area (Å²) in [7, 11) is 0. The zero-order valence-corrected chi connectivity index (χ0v) is 14.3. The van der Waals surface area contributed by atoms with Crippen LogP contribution in [0.4, 0.5) is 13.6 Å². The van der Waals surface area contributed by atoms with Crippen molar-refractivity contribution in [2.45, 2.75) is 63.7 Å². The molecule has 0 saturated carbocycles. The molecule has 1 aliphatic heterocycles. The van der Waals surface area contributed by atoms with E-state index in [2.05, 4.69) is 6.58 Å². The lowest BCUT2D eigenvalue weighted by Gasteiger charge is -2.27. The summed E-state index contributed by atoms with van der Waals surface area (Å²) in [6.45, 7) is 8.09. The number of amides is 1. The molecule has 138 valence electrons. The summed E-state index contributed by atoms with van der Waals surface area (Å²) in [6, 6.07) is -0.795. The van der Waals surface area contributed by atoms with Crippen LogP contribution in [0.1, 0.15) is 40.0 Å². The standard InChI is InChI=1S/C16H25F2NO5/c1-5-16(17,18)12(20)8-10-23-13(21)11-7-6-9-19(11)14(22)24-15(2,3)4/h5,11-12,20H,1,6-10H2,2-4H3/t11-,12-/m0/s1. The van der Waals surface area contributed by atoms with E-state index in [0.29, 0.717) is 25.5 Å². The van der Waals surface area contributed by atoms with Crippen LogP contribution in [0.15, 0.2) is 12.7 Å². The highest BCUT2D eigenvalue weighted by molar-refractivity contribution is 5.82. The molecule has 1 N–H and O–H groups in total. The summed E-state index contributed by atoms with van der Waals surface area (Å²) < 4.78 is 36.4. The molecule has 2 atom stereocenters. The molecule has 24 heavy (non-hydrogen) atoms. The molecular formula is C16H25F2NO5. The van der Waals surface area contributed by atoms with Gasteiger partial charge in [0, 0.05) is 13.0 Å². The molecule has 1 rings (SSSR count). The highest BCUT2D eigenvalue weighted by Gasteiger charge is 2.38. The Hall–Kier alpha value is -1.70. The number of hydrogen-bond acceptors (Lipinski definition) is 5. The number of aliphatic hydroxyl groups is 1. The summed E-state index contributed by atoms with van der Waals surface area (Å²) in [4.78, 5) is 25.4. The largest absolute Gasteiger partial charge is 0.464 e. The van der Waals surface area contributed by atoms with Crippen LogP contribution in [-0.4, -0.2) is 58.9 Å². The van der Waals surface area contributed by atoms with Crippen LogP contribution in [0.25, 0.3) is 0 Å². The molecular weight excluding hydrogens is 324 g/mol. The highest BCUT2D eigenvalue weighted by Crippen LogP contribution is 2.24. The van der Waals surface area contributed by atoms with Gasteiger partial charge >= 0.3 is 12.1 Å². The summed E-state index contributed by atoms with van der Waals surface area (Å²) in [5.41, 5.74) is -0.686. The Balaban J connectivity index is 2.52. The third-order valence-electron chi connectivity index (χ3n) is 3.50. The first-order valence-corrected chi connectivity index (χ1v) is 7.83. The minimum Gasteiger partial charge on any atom is -0.464 e. The van der Waals surface area contributed by atoms with E-state index in [1.165, 1.54) is 4.90 Å². The Kier molecular flexibility index (Phi) is 6.71. The monoisotopic (exact) mass is 349 g/mol. The van der Waals surface area contributed by atoms with E-state index in [4.69, 9.17) is 9.47 Å². The van der Waals surface area contributed by atoms with Crippen LogP contribution in [0, 0.1) is 0 Å². The van der Waals surface area contributed by atoms with Gasteiger partial charge in [-0.25, -0.2) is 9.59 Å². The zero-order valence-electron chi connectivity index (χ0n) is 14.3. The van der Waals surface area contributed by atoms with Gasteiger partial charge in [0.05, 0.1) is 6.61 Å². The van der Waals surface area contributed by atoms with Crippen molar-refractivity contribution in [2.75, 3.05) is 13.2 Å². The lowest BCUT2D eigenvalue weighted by atomic mass is 10.1. The van der Waals surface area contributed by atoms with E-state index in [1.54, 1.807) is 20.8 Å². The van der Waals surface area contributed by atoms with Gasteiger partial charge in [-0.05, 0) is 39.7 Å². The summed E-state index contributed by atoms with van der Waals surface area (Å²) in [6.07, 6.45) is -1.63. The summed E-state index contributed by atoms with van der Waals surface area (Å²) in [5.74, 6) is -4.13. The quantitative estimate of drug-likeness (QED) is 0.589. The Morgan fingerprint density at radius 2 is 2.04 bits per heavy atom. The van der Waals surface area contributed by atoms with Gasteiger partial charge in [0.1, 0.15) is 17.7 Å². The Labute approximate surface area is 140 Å². The second-order valence-electron chi connectivity index (χ2n) is 6.68. The maximum Gasteiger partial charge on any atom is 0.411 e. The average Bonchev–Trinajstić information content (AvgIpc) is 2.94. The maximum atomic E-state index is 13.1. The molecule has 0 aromatic heterocycles. The number of carbonyl (C=O) groups excluding carboxylic acids is 2. The Bertz CT molecular complexity index is 476. The van der Waals surface area contributed by atoms with Gasteiger partial charge in [-0.15, -0.1) is 0 Å². The first-order chi connectivity index (χ1) is 11.0. The second-order valence-corrected chi connectivity index (χ2v) is 6.68. The van der Waals surface area contributed by atoms with Crippen molar-refractivity contribution in [1.29, 1.82) is 0 Å². The number of esters is 1. The molecule has 0 aromatic carbocycles. The van der Waals surface area contributed by atoms with Crippen molar-refractivity contribution in [1.82, 2.24) is 4.90 Å². The molecule has 1 heterocycles. The van der Waals surface area contributed by atoms with E-state index in [0.717, 1.165) is 0 Å². The van der Waals surface area contributed by atoms with Gasteiger partial charge in [0.2, 0.25) is 0 Å². The SMILES string of the molecule is C=CC(F)(F)[C@@H](O)CCOC(=O)[C@@H]1CCCN1C(=O)OC(C)(C)C. The van der Waals surface area contributed by atoms with E-state index in [9.17, 15) is 23.5 Å². The van der Waals surface area contributed by atoms with Crippen molar-refractivity contribution in [3.05, 3.63) is 12.7 Å². The fraction of sp³-hybridized carbons (Fsp3) is 0.750. The van der Waals surface area contributed by atoms with Crippen molar-refractivity contribution in [3.8, 4) is 0 Å². The molecule has 1 amide bonds. The van der Waals surface area contributed by atoms with Crippen molar-refractivity contribution in [2.24, 2.45) is 0 Å². The molecule has 0 bridgehead atoms. The number of hydrogen-bond donors (Lipinski definition) is 1. The Morgan fingerprint density at radius 1 is 1.42 bits per heavy atom. The molecule has 0 spiro atoms. The first-order valence-electron chi connectivity index (χ1n) is 7.83. The summed E-state index contributed by atoms with van der Waals surface area (Å²) >= 11 is 0. The van der Waals surface area contributed by atoms with Crippen LogP contribution in [0.2, 0.25) is 0 Å². The second kappa shape index (κ2) is 7.92. The van der Waals surface area contributed by atoms with E-state index in [1.807, 2.05) is 0 Å². The van der Waals surface area contributed by atoms with Gasteiger partial charge in [0.15, 0.2) is 0 Å². The molecule has 0 radical (unpaired) electrons. The number of alkyl halides is 2. The number of ether oxygens (including phenoxy) is 2. The smallest absolute Gasteiger partial charge is 0.411 e. The predicted octanol–water partition coefficient (Wildman–Crippen LogP) is 2.50. The zero-order chi connectivity index (χ0) is 18.5. The van der Waals surface area contributed by atoms with Crippen LogP contribution >= 0.6 is 0 Å². The number of carbonyl (C=O) groups is 2. The molecule has 1 aliphatic rings. The predicted molar refractivity (Wildman–Crippen MR) is 82.7 cm³/mol. The van der Waals surface area contributed by atoms with Crippen molar-refractivity contribution in [3.63, 3.8) is 0 Å². The third-order valence-corrected chi connectivity index (χ3v) is 3.50. The van der Waals surface area contributed by atoms with Gasteiger partial charge in [-0.2, -0.15) is 8.78 Å². The minimum atomic E-state index is -3.44. The molecule has 8 heteroatoms. The number of likely N-dealkylation sites (tertiary alicyclic amines) is 1. The number of aliphatic hydroxyl groups excluding tert-OH is 1. The van der Waals surface area contributed by atoms with Gasteiger partial charge in [-0.1, -0.05) is 6.58 Å². The maximum absolute atomic E-state index is 13.1. The molecule has 0 aromatic rings. The molecule has 1 saturated heterocycles. The normalized spacial score (nSPS) is 19.8. The van der Waals surface area contributed by atoms with Gasteiger partial charge < -0.3 is 14.6 Å². The first kappa shape index (κ1) is 20.3. The van der Waals surface area contributed by atoms with Gasteiger partial charge in [-0.3, -0.25) is 4.90 Å². The van der Waals surface area contributed by atoms with Crippen molar-refractivity contribution < 1.29 is 33.0 Å². The minimum absolute atomic E-state index is 0.348. The van der Waals surface area contributed by atoms with Crippen LogP contribution in [0.5, 0.6) is 0 Å². The van der Waals surface area contributed by atoms with Crippen LogP contribution in [0.3, 0.4) is 0 Å².